The number of aliphatic carboxylic acids is 1. The molecule has 0 bridgehead atoms. The van der Waals surface area contributed by atoms with Crippen LogP contribution in [0.4, 0.5) is 0 Å². The fourth-order valence-corrected chi connectivity index (χ4v) is 13.2. The van der Waals surface area contributed by atoms with Crippen LogP contribution in [0.25, 0.3) is 0 Å². The molecule has 0 aromatic heterocycles. The molecule has 5 aliphatic carbocycles. The maximum absolute atomic E-state index is 14.9. The Bertz CT molecular complexity index is 1670. The number of hydrogen-bond donors (Lipinski definition) is 6. The predicted octanol–water partition coefficient (Wildman–Crippen LogP) is 2.34. The van der Waals surface area contributed by atoms with Gasteiger partial charge in [-0.05, 0) is 110 Å². The van der Waals surface area contributed by atoms with Gasteiger partial charge in [0, 0.05) is 5.92 Å². The number of allylic oxidation sites excluding steroid dienone is 2. The summed E-state index contributed by atoms with van der Waals surface area (Å²) in [7, 11) is 0. The van der Waals surface area contributed by atoms with Crippen LogP contribution in [0.2, 0.25) is 0 Å². The summed E-state index contributed by atoms with van der Waals surface area (Å²) in [6.45, 7) is 15.1. The summed E-state index contributed by atoms with van der Waals surface area (Å²) in [5, 5.41) is 63.9. The zero-order valence-electron chi connectivity index (χ0n) is 34.4. The van der Waals surface area contributed by atoms with Crippen molar-refractivity contribution in [3.63, 3.8) is 0 Å². The van der Waals surface area contributed by atoms with Crippen LogP contribution in [-0.2, 0) is 47.6 Å². The summed E-state index contributed by atoms with van der Waals surface area (Å²) >= 11 is 0. The van der Waals surface area contributed by atoms with Gasteiger partial charge in [0.25, 0.3) is 12.9 Å². The van der Waals surface area contributed by atoms with Gasteiger partial charge in [-0.1, -0.05) is 47.1 Å². The first-order valence-electron chi connectivity index (χ1n) is 20.7. The van der Waals surface area contributed by atoms with Crippen molar-refractivity contribution in [1.29, 1.82) is 0 Å². The van der Waals surface area contributed by atoms with Crippen molar-refractivity contribution in [2.24, 2.45) is 50.2 Å². The number of rotatable bonds is 9. The summed E-state index contributed by atoms with van der Waals surface area (Å²) in [6.07, 6.45) is -10.0. The molecule has 4 saturated carbocycles. The average Bonchev–Trinajstić information content (AvgIpc) is 3.15. The number of fused-ring (bicyclic) bond motifs is 7. The van der Waals surface area contributed by atoms with Crippen LogP contribution >= 0.6 is 0 Å². The molecular formula is C42H62O16. The zero-order valence-corrected chi connectivity index (χ0v) is 34.4. The molecule has 2 saturated heterocycles. The van der Waals surface area contributed by atoms with E-state index in [9.17, 15) is 49.8 Å². The van der Waals surface area contributed by atoms with Crippen LogP contribution in [0.3, 0.4) is 0 Å². The maximum Gasteiger partial charge on any atom is 0.309 e. The molecule has 16 nitrogen and oxygen atoms in total. The largest absolute Gasteiger partial charge is 0.481 e. The highest BCUT2D eigenvalue weighted by molar-refractivity contribution is 5.95. The fraction of sp³-hybridized carbons (Fsp3) is 0.857. The van der Waals surface area contributed by atoms with Gasteiger partial charge in [-0.2, -0.15) is 0 Å². The fourth-order valence-electron chi connectivity index (χ4n) is 13.2. The maximum atomic E-state index is 14.9. The van der Waals surface area contributed by atoms with E-state index < -0.39 is 95.5 Å². The van der Waals surface area contributed by atoms with Crippen LogP contribution in [0.5, 0.6) is 0 Å². The summed E-state index contributed by atoms with van der Waals surface area (Å²) < 4.78 is 33.5. The number of carboxylic acids is 1. The van der Waals surface area contributed by atoms with Gasteiger partial charge < -0.3 is 59.1 Å². The minimum Gasteiger partial charge on any atom is -0.481 e. The molecule has 2 heterocycles. The highest BCUT2D eigenvalue weighted by atomic mass is 16.8. The average molecular weight is 823 g/mol. The van der Waals surface area contributed by atoms with E-state index in [1.54, 1.807) is 0 Å². The lowest BCUT2D eigenvalue weighted by Crippen LogP contribution is -2.68. The Hall–Kier alpha value is -2.54. The Balaban J connectivity index is 1.17. The van der Waals surface area contributed by atoms with E-state index in [0.717, 1.165) is 37.7 Å². The van der Waals surface area contributed by atoms with Gasteiger partial charge in [0.1, 0.15) is 36.6 Å². The van der Waals surface area contributed by atoms with Gasteiger partial charge in [0.2, 0.25) is 12.6 Å². The molecule has 0 spiro atoms. The second-order valence-corrected chi connectivity index (χ2v) is 20.3. The molecule has 0 aromatic carbocycles. The number of ether oxygens (including phenoxy) is 6. The minimum atomic E-state index is -1.90. The Labute approximate surface area is 338 Å². The molecule has 2 aliphatic heterocycles. The molecule has 7 rings (SSSR count). The number of carbonyl (C=O) groups excluding carboxylic acids is 3. The van der Waals surface area contributed by atoms with Crippen molar-refractivity contribution in [2.45, 2.75) is 174 Å². The number of aliphatic hydroxyl groups is 5. The molecule has 0 aromatic rings. The van der Waals surface area contributed by atoms with E-state index in [1.165, 1.54) is 0 Å². The predicted molar refractivity (Wildman–Crippen MR) is 198 cm³/mol. The monoisotopic (exact) mass is 822 g/mol. The van der Waals surface area contributed by atoms with Gasteiger partial charge >= 0.3 is 5.97 Å². The third-order valence-electron chi connectivity index (χ3n) is 17.0. The molecule has 10 unspecified atom stereocenters. The quantitative estimate of drug-likeness (QED) is 0.144. The van der Waals surface area contributed by atoms with Crippen molar-refractivity contribution in [3.8, 4) is 0 Å². The van der Waals surface area contributed by atoms with Gasteiger partial charge in [0.15, 0.2) is 18.4 Å². The Morgan fingerprint density at radius 1 is 0.724 bits per heavy atom. The number of aliphatic hydroxyl groups excluding tert-OH is 5. The van der Waals surface area contributed by atoms with Crippen LogP contribution in [-0.4, -0.2) is 123 Å². The van der Waals surface area contributed by atoms with Gasteiger partial charge in [-0.15, -0.1) is 0 Å². The number of carboxylic acid groups (broad SMARTS) is 1. The van der Waals surface area contributed by atoms with Crippen molar-refractivity contribution < 1.29 is 78.2 Å². The standard InChI is InChI=1S/C42H62O16/c1-37(2)23-8-11-42(7)31(22(45)16-20-21-17-39(4,36(51)52)13-12-38(21,3)14-15-41(20,42)6)40(23,5)10-9-24(37)55-35-30(26(47)29(50)33(58-35)54-19-44)56-34-28(49)25(46)27(48)32(57-34)53-18-43/h16,18-19,21,23-35,46-50H,8-15,17H2,1-7H3,(H,51,52)/t21-,23-,24-,25?,26?,27?,28?,29?,30?,31+,32?,33?,34?,35?,38+,39-,40-,41+,42+/m0/s1. The lowest BCUT2D eigenvalue weighted by molar-refractivity contribution is -0.404. The highest BCUT2D eigenvalue weighted by Crippen LogP contribution is 2.75. The van der Waals surface area contributed by atoms with Crippen LogP contribution in [0, 0.1) is 50.2 Å². The molecule has 6 N–H and O–H groups in total. The molecular weight excluding hydrogens is 760 g/mol. The van der Waals surface area contributed by atoms with E-state index in [-0.39, 0.29) is 47.3 Å². The Morgan fingerprint density at radius 3 is 1.93 bits per heavy atom. The first-order chi connectivity index (χ1) is 27.0. The topological polar surface area (TPSA) is 245 Å². The summed E-state index contributed by atoms with van der Waals surface area (Å²) in [4.78, 5) is 49.8. The van der Waals surface area contributed by atoms with E-state index in [4.69, 9.17) is 28.4 Å². The first kappa shape index (κ1) is 43.5. The van der Waals surface area contributed by atoms with Crippen molar-refractivity contribution in [2.75, 3.05) is 0 Å². The Kier molecular flexibility index (Phi) is 11.1. The highest BCUT2D eigenvalue weighted by Gasteiger charge is 2.71. The summed E-state index contributed by atoms with van der Waals surface area (Å²) in [5.41, 5.74) is -1.59. The summed E-state index contributed by atoms with van der Waals surface area (Å²) in [5.74, 6) is -1.05. The van der Waals surface area contributed by atoms with E-state index in [0.29, 0.717) is 25.7 Å². The minimum absolute atomic E-state index is 0.00244. The third-order valence-corrected chi connectivity index (χ3v) is 17.0. The molecule has 0 amide bonds. The number of carbonyl (C=O) groups is 4. The number of hydrogen-bond acceptors (Lipinski definition) is 15. The van der Waals surface area contributed by atoms with Crippen LogP contribution in [0.1, 0.15) is 106 Å². The van der Waals surface area contributed by atoms with Gasteiger partial charge in [0.05, 0.1) is 11.5 Å². The normalized spacial score (nSPS) is 52.4. The van der Waals surface area contributed by atoms with E-state index >= 15 is 0 Å². The molecule has 326 valence electrons. The van der Waals surface area contributed by atoms with Gasteiger partial charge in [-0.3, -0.25) is 19.2 Å². The zero-order chi connectivity index (χ0) is 42.5. The van der Waals surface area contributed by atoms with Crippen molar-refractivity contribution in [1.82, 2.24) is 0 Å². The number of ketones is 1. The molecule has 16 heteroatoms. The van der Waals surface area contributed by atoms with Crippen LogP contribution < -0.4 is 0 Å². The second-order valence-electron chi connectivity index (χ2n) is 20.3. The van der Waals surface area contributed by atoms with E-state index in [2.05, 4.69) is 41.5 Å². The molecule has 7 aliphatic rings. The van der Waals surface area contributed by atoms with E-state index in [1.807, 2.05) is 13.0 Å². The van der Waals surface area contributed by atoms with Crippen molar-refractivity contribution >= 4 is 24.7 Å². The SMILES string of the molecule is CC1(C)[C@@H](OC2OC(OC=O)C(O)C(O)C2OC2OC(OC=O)C(O)C(O)C2O)CC[C@]2(C)[C@H]3C(=O)C=C4[C@@H]5C[C@@](C)(C(=O)O)CC[C@]5(C)CC[C@@]4(C)[C@]3(C)CC[C@@H]12. The molecule has 6 fully saturated rings. The molecule has 58 heavy (non-hydrogen) atoms. The Morgan fingerprint density at radius 2 is 1.31 bits per heavy atom. The third kappa shape index (κ3) is 6.41. The lowest BCUT2D eigenvalue weighted by atomic mass is 9.33. The van der Waals surface area contributed by atoms with Crippen LogP contribution in [0.15, 0.2) is 11.6 Å². The van der Waals surface area contributed by atoms with Gasteiger partial charge in [-0.25, -0.2) is 0 Å². The molecule has 19 atom stereocenters. The molecule has 0 radical (unpaired) electrons. The lowest BCUT2D eigenvalue weighted by Gasteiger charge is -2.70. The van der Waals surface area contributed by atoms with Crippen molar-refractivity contribution in [3.05, 3.63) is 11.6 Å². The first-order valence-corrected chi connectivity index (χ1v) is 20.7. The summed E-state index contributed by atoms with van der Waals surface area (Å²) in [6, 6.07) is 0. The second kappa shape index (κ2) is 14.8. The smallest absolute Gasteiger partial charge is 0.309 e.